The van der Waals surface area contributed by atoms with Crippen molar-refractivity contribution in [3.8, 4) is 0 Å². The van der Waals surface area contributed by atoms with Crippen LogP contribution in [0, 0.1) is 13.8 Å². The SMILES string of the molecule is Cc1cccc(Cc2n[nH]c(NCCSCc3nc[nH]c3C)nc2=O)c1. The topological polar surface area (TPSA) is 99.3 Å². The third-order valence-corrected chi connectivity index (χ3v) is 4.89. The zero-order chi connectivity index (χ0) is 18.4. The van der Waals surface area contributed by atoms with Crippen LogP contribution in [0.2, 0.25) is 0 Å². The van der Waals surface area contributed by atoms with Gasteiger partial charge in [0, 0.05) is 30.2 Å². The highest BCUT2D eigenvalue weighted by Gasteiger charge is 2.07. The number of imidazole rings is 1. The quantitative estimate of drug-likeness (QED) is 0.527. The molecule has 0 bridgehead atoms. The molecule has 3 rings (SSSR count). The van der Waals surface area contributed by atoms with Crippen molar-refractivity contribution in [3.63, 3.8) is 0 Å². The maximum atomic E-state index is 12.2. The number of nitrogens with zero attached hydrogens (tertiary/aromatic N) is 3. The van der Waals surface area contributed by atoms with Crippen LogP contribution >= 0.6 is 11.8 Å². The predicted molar refractivity (Wildman–Crippen MR) is 105 cm³/mol. The highest BCUT2D eigenvalue weighted by atomic mass is 32.2. The molecular formula is C18H22N6OS. The van der Waals surface area contributed by atoms with E-state index in [1.807, 2.05) is 38.1 Å². The summed E-state index contributed by atoms with van der Waals surface area (Å²) < 4.78 is 0. The molecule has 0 radical (unpaired) electrons. The van der Waals surface area contributed by atoms with Crippen molar-refractivity contribution >= 4 is 17.7 Å². The molecule has 0 aliphatic rings. The van der Waals surface area contributed by atoms with Gasteiger partial charge in [0.1, 0.15) is 5.69 Å². The predicted octanol–water partition coefficient (Wildman–Crippen LogP) is 2.44. The standard InChI is InChI=1S/C18H22N6OS/c1-12-4-3-5-14(8-12)9-15-17(25)22-18(24-23-15)19-6-7-26-10-16-13(2)20-11-21-16/h3-5,8,11H,6-7,9-10H2,1-2H3,(H,20,21)(H2,19,22,24,25). The van der Waals surface area contributed by atoms with Crippen LogP contribution in [0.25, 0.3) is 0 Å². The molecule has 0 amide bonds. The lowest BCUT2D eigenvalue weighted by Crippen LogP contribution is -2.20. The molecule has 8 heteroatoms. The molecule has 0 aliphatic heterocycles. The fraction of sp³-hybridized carbons (Fsp3) is 0.333. The van der Waals surface area contributed by atoms with Crippen LogP contribution in [0.15, 0.2) is 35.4 Å². The first-order valence-corrected chi connectivity index (χ1v) is 9.59. The Bertz CT molecular complexity index is 920. The Hall–Kier alpha value is -2.61. The van der Waals surface area contributed by atoms with Crippen molar-refractivity contribution in [1.29, 1.82) is 0 Å². The summed E-state index contributed by atoms with van der Waals surface area (Å²) in [7, 11) is 0. The van der Waals surface area contributed by atoms with E-state index in [0.29, 0.717) is 24.6 Å². The second-order valence-electron chi connectivity index (χ2n) is 6.06. The zero-order valence-electron chi connectivity index (χ0n) is 14.9. The van der Waals surface area contributed by atoms with Crippen LogP contribution in [0.3, 0.4) is 0 Å². The van der Waals surface area contributed by atoms with E-state index in [1.165, 1.54) is 0 Å². The molecule has 0 spiro atoms. The summed E-state index contributed by atoms with van der Waals surface area (Å²) in [6.07, 6.45) is 2.19. The summed E-state index contributed by atoms with van der Waals surface area (Å²) in [5.41, 5.74) is 4.51. The van der Waals surface area contributed by atoms with Gasteiger partial charge in [-0.1, -0.05) is 29.8 Å². The van der Waals surface area contributed by atoms with E-state index in [4.69, 9.17) is 0 Å². The lowest BCUT2D eigenvalue weighted by atomic mass is 10.1. The van der Waals surface area contributed by atoms with E-state index < -0.39 is 0 Å². The second kappa shape index (κ2) is 8.66. The lowest BCUT2D eigenvalue weighted by Gasteiger charge is -2.06. The molecule has 0 unspecified atom stereocenters. The van der Waals surface area contributed by atoms with Gasteiger partial charge in [0.2, 0.25) is 5.95 Å². The summed E-state index contributed by atoms with van der Waals surface area (Å²) in [6.45, 7) is 4.73. The molecule has 0 fully saturated rings. The van der Waals surface area contributed by atoms with E-state index in [9.17, 15) is 4.79 Å². The van der Waals surface area contributed by atoms with Crippen molar-refractivity contribution in [3.05, 3.63) is 69.2 Å². The molecule has 0 saturated heterocycles. The van der Waals surface area contributed by atoms with Crippen LogP contribution in [-0.2, 0) is 12.2 Å². The van der Waals surface area contributed by atoms with Gasteiger partial charge >= 0.3 is 0 Å². The van der Waals surface area contributed by atoms with Gasteiger partial charge < -0.3 is 10.3 Å². The van der Waals surface area contributed by atoms with E-state index in [1.54, 1.807) is 18.1 Å². The Morgan fingerprint density at radius 2 is 2.12 bits per heavy atom. The number of nitrogens with one attached hydrogen (secondary N) is 3. The maximum absolute atomic E-state index is 12.2. The molecule has 26 heavy (non-hydrogen) atoms. The zero-order valence-corrected chi connectivity index (χ0v) is 15.7. The number of H-pyrrole nitrogens is 2. The number of aryl methyl sites for hydroxylation is 2. The number of aromatic amines is 2. The molecule has 2 aromatic heterocycles. The molecule has 7 nitrogen and oxygen atoms in total. The fourth-order valence-electron chi connectivity index (χ4n) is 2.51. The third kappa shape index (κ3) is 4.95. The maximum Gasteiger partial charge on any atom is 0.296 e. The summed E-state index contributed by atoms with van der Waals surface area (Å²) >= 11 is 1.77. The summed E-state index contributed by atoms with van der Waals surface area (Å²) in [4.78, 5) is 23.5. The molecule has 2 heterocycles. The molecule has 3 N–H and O–H groups in total. The fourth-order valence-corrected chi connectivity index (χ4v) is 3.39. The van der Waals surface area contributed by atoms with Crippen LogP contribution in [0.5, 0.6) is 0 Å². The molecular weight excluding hydrogens is 348 g/mol. The first kappa shape index (κ1) is 18.2. The Labute approximate surface area is 156 Å². The van der Waals surface area contributed by atoms with Crippen molar-refractivity contribution in [2.75, 3.05) is 17.6 Å². The number of hydrogen-bond donors (Lipinski definition) is 3. The van der Waals surface area contributed by atoms with E-state index in [0.717, 1.165) is 34.0 Å². The van der Waals surface area contributed by atoms with Gasteiger partial charge in [0.05, 0.1) is 12.0 Å². The summed E-state index contributed by atoms with van der Waals surface area (Å²) in [5, 5.41) is 10.1. The molecule has 0 aliphatic carbocycles. The molecule has 0 saturated carbocycles. The minimum atomic E-state index is -0.299. The number of aromatic nitrogens is 5. The van der Waals surface area contributed by atoms with Crippen LogP contribution in [-0.4, -0.2) is 37.4 Å². The highest BCUT2D eigenvalue weighted by Crippen LogP contribution is 2.12. The van der Waals surface area contributed by atoms with Crippen LogP contribution in [0.1, 0.15) is 28.2 Å². The smallest absolute Gasteiger partial charge is 0.296 e. The van der Waals surface area contributed by atoms with Gasteiger partial charge in [0.25, 0.3) is 5.56 Å². The van der Waals surface area contributed by atoms with Gasteiger partial charge in [-0.3, -0.25) is 4.79 Å². The number of benzene rings is 1. The Morgan fingerprint density at radius 3 is 2.85 bits per heavy atom. The Balaban J connectivity index is 1.48. The first-order chi connectivity index (χ1) is 12.6. The van der Waals surface area contributed by atoms with Gasteiger partial charge in [-0.05, 0) is 19.4 Å². The van der Waals surface area contributed by atoms with Crippen molar-refractivity contribution in [2.45, 2.75) is 26.0 Å². The third-order valence-electron chi connectivity index (χ3n) is 3.92. The van der Waals surface area contributed by atoms with Crippen molar-refractivity contribution < 1.29 is 0 Å². The summed E-state index contributed by atoms with van der Waals surface area (Å²) in [5.74, 6) is 2.13. The molecule has 3 aromatic rings. The number of anilines is 1. The number of thioether (sulfide) groups is 1. The second-order valence-corrected chi connectivity index (χ2v) is 7.16. The minimum absolute atomic E-state index is 0.299. The Morgan fingerprint density at radius 1 is 1.23 bits per heavy atom. The van der Waals surface area contributed by atoms with E-state index in [2.05, 4.69) is 30.5 Å². The largest absolute Gasteiger partial charge is 0.354 e. The average Bonchev–Trinajstić information content (AvgIpc) is 3.02. The van der Waals surface area contributed by atoms with Gasteiger partial charge in [-0.15, -0.1) is 0 Å². The molecule has 1 aromatic carbocycles. The lowest BCUT2D eigenvalue weighted by molar-refractivity contribution is 0.864. The van der Waals surface area contributed by atoms with Crippen LogP contribution < -0.4 is 10.9 Å². The summed E-state index contributed by atoms with van der Waals surface area (Å²) in [6, 6.07) is 8.03. The molecule has 136 valence electrons. The van der Waals surface area contributed by atoms with E-state index >= 15 is 0 Å². The van der Waals surface area contributed by atoms with Crippen LogP contribution in [0.4, 0.5) is 5.95 Å². The monoisotopic (exact) mass is 370 g/mol. The number of hydrogen-bond acceptors (Lipinski definition) is 6. The van der Waals surface area contributed by atoms with Gasteiger partial charge in [-0.2, -0.15) is 21.8 Å². The molecule has 0 atom stereocenters. The number of rotatable bonds is 8. The van der Waals surface area contributed by atoms with Gasteiger partial charge in [0.15, 0.2) is 0 Å². The normalized spacial score (nSPS) is 10.8. The first-order valence-electron chi connectivity index (χ1n) is 8.43. The Kier molecular flexibility index (Phi) is 6.06. The minimum Gasteiger partial charge on any atom is -0.354 e. The van der Waals surface area contributed by atoms with E-state index in [-0.39, 0.29) is 5.56 Å². The van der Waals surface area contributed by atoms with Gasteiger partial charge in [-0.25, -0.2) is 10.1 Å². The van der Waals surface area contributed by atoms with Crippen molar-refractivity contribution in [2.24, 2.45) is 0 Å². The average molecular weight is 370 g/mol. The highest BCUT2D eigenvalue weighted by molar-refractivity contribution is 7.98. The van der Waals surface area contributed by atoms with Crippen molar-refractivity contribution in [1.82, 2.24) is 25.1 Å².